The molecular formula is C22H28F2N2O3. The van der Waals surface area contributed by atoms with Gasteiger partial charge in [-0.15, -0.1) is 0 Å². The second kappa shape index (κ2) is 9.20. The minimum atomic E-state index is -0.817. The molecule has 2 aromatic rings. The summed E-state index contributed by atoms with van der Waals surface area (Å²) in [6.45, 7) is 10.6. The molecule has 1 N–H and O–H groups in total. The molecule has 2 rings (SSSR count). The van der Waals surface area contributed by atoms with Crippen molar-refractivity contribution in [2.45, 2.75) is 60.1 Å². The van der Waals surface area contributed by atoms with Crippen LogP contribution in [-0.4, -0.2) is 23.3 Å². The Morgan fingerprint density at radius 3 is 2.45 bits per heavy atom. The van der Waals surface area contributed by atoms with Gasteiger partial charge in [0.05, 0.1) is 6.61 Å². The predicted molar refractivity (Wildman–Crippen MR) is 107 cm³/mol. The minimum Gasteiger partial charge on any atom is -0.487 e. The Kier molecular flexibility index (Phi) is 7.16. The number of aromatic nitrogens is 1. The minimum absolute atomic E-state index is 0.0542. The Labute approximate surface area is 170 Å². The first-order chi connectivity index (χ1) is 13.5. The van der Waals surface area contributed by atoms with Gasteiger partial charge >= 0.3 is 6.09 Å². The number of pyridine rings is 1. The van der Waals surface area contributed by atoms with E-state index in [0.717, 1.165) is 17.0 Å². The number of hydrogen-bond donors (Lipinski definition) is 1. The molecule has 0 bridgehead atoms. The summed E-state index contributed by atoms with van der Waals surface area (Å²) in [6.07, 6.45) is -0.221. The monoisotopic (exact) mass is 406 g/mol. The van der Waals surface area contributed by atoms with Gasteiger partial charge in [-0.2, -0.15) is 0 Å². The maximum absolute atomic E-state index is 14.6. The van der Waals surface area contributed by atoms with Crippen LogP contribution in [0.25, 0.3) is 0 Å². The van der Waals surface area contributed by atoms with Gasteiger partial charge in [-0.1, -0.05) is 0 Å². The molecule has 1 amide bonds. The zero-order valence-corrected chi connectivity index (χ0v) is 17.8. The van der Waals surface area contributed by atoms with Crippen LogP contribution in [0.4, 0.5) is 13.6 Å². The summed E-state index contributed by atoms with van der Waals surface area (Å²) in [6, 6.07) is 5.04. The average molecular weight is 406 g/mol. The highest BCUT2D eigenvalue weighted by Gasteiger charge is 2.19. The molecule has 29 heavy (non-hydrogen) atoms. The normalized spacial score (nSPS) is 11.3. The van der Waals surface area contributed by atoms with Gasteiger partial charge < -0.3 is 14.8 Å². The number of hydrogen-bond acceptors (Lipinski definition) is 4. The highest BCUT2D eigenvalue weighted by molar-refractivity contribution is 5.67. The van der Waals surface area contributed by atoms with Crippen LogP contribution in [0.1, 0.15) is 48.8 Å². The van der Waals surface area contributed by atoms with Crippen molar-refractivity contribution in [2.75, 3.05) is 6.61 Å². The molecule has 0 saturated heterocycles. The highest BCUT2D eigenvalue weighted by atomic mass is 19.1. The second-order valence-corrected chi connectivity index (χ2v) is 8.02. The van der Waals surface area contributed by atoms with Gasteiger partial charge in [0.25, 0.3) is 0 Å². The molecule has 158 valence electrons. The first-order valence-corrected chi connectivity index (χ1v) is 9.47. The summed E-state index contributed by atoms with van der Waals surface area (Å²) in [5.74, 6) is -2.02. The molecule has 0 unspecified atom stereocenters. The fraction of sp³-hybridized carbons (Fsp3) is 0.455. The van der Waals surface area contributed by atoms with E-state index in [4.69, 9.17) is 9.47 Å². The number of ether oxygens (including phenoxy) is 2. The van der Waals surface area contributed by atoms with E-state index in [1.807, 2.05) is 26.0 Å². The van der Waals surface area contributed by atoms with E-state index in [9.17, 15) is 13.6 Å². The van der Waals surface area contributed by atoms with Crippen LogP contribution in [0.15, 0.2) is 18.2 Å². The van der Waals surface area contributed by atoms with E-state index in [1.54, 1.807) is 20.8 Å². The van der Waals surface area contributed by atoms with Crippen molar-refractivity contribution in [3.05, 3.63) is 57.9 Å². The first kappa shape index (κ1) is 22.6. The standard InChI is InChI=1S/C22H28F2N2O3/c1-13-9-14(2)26-17(10-13)7-8-28-20-18(23)11-16(15(3)19(20)24)12-25-21(27)29-22(4,5)6/h9-11H,7-8,12H2,1-6H3,(H,25,27). The van der Waals surface area contributed by atoms with Crippen molar-refractivity contribution in [3.8, 4) is 5.75 Å². The summed E-state index contributed by atoms with van der Waals surface area (Å²) < 4.78 is 39.6. The molecule has 0 aliphatic rings. The number of rotatable bonds is 6. The molecule has 0 radical (unpaired) electrons. The van der Waals surface area contributed by atoms with Crippen LogP contribution in [-0.2, 0) is 17.7 Å². The molecule has 1 heterocycles. The van der Waals surface area contributed by atoms with Gasteiger partial charge in [-0.3, -0.25) is 4.98 Å². The zero-order chi connectivity index (χ0) is 21.8. The molecule has 7 heteroatoms. The number of benzene rings is 1. The summed E-state index contributed by atoms with van der Waals surface area (Å²) in [7, 11) is 0. The molecule has 0 aliphatic carbocycles. The summed E-state index contributed by atoms with van der Waals surface area (Å²) in [5.41, 5.74) is 2.63. The van der Waals surface area contributed by atoms with Gasteiger partial charge in [0.1, 0.15) is 5.60 Å². The fourth-order valence-electron chi connectivity index (χ4n) is 2.85. The van der Waals surface area contributed by atoms with E-state index in [0.29, 0.717) is 12.0 Å². The van der Waals surface area contributed by atoms with Crippen LogP contribution < -0.4 is 10.1 Å². The quantitative estimate of drug-likeness (QED) is 0.739. The second-order valence-electron chi connectivity index (χ2n) is 8.02. The first-order valence-electron chi connectivity index (χ1n) is 9.47. The van der Waals surface area contributed by atoms with Crippen LogP contribution >= 0.6 is 0 Å². The van der Waals surface area contributed by atoms with Gasteiger partial charge in [0.2, 0.25) is 0 Å². The Bertz CT molecular complexity index is 872. The van der Waals surface area contributed by atoms with Crippen molar-refractivity contribution in [1.29, 1.82) is 0 Å². The maximum atomic E-state index is 14.6. The van der Waals surface area contributed by atoms with Crippen molar-refractivity contribution >= 4 is 6.09 Å². The Morgan fingerprint density at radius 2 is 1.83 bits per heavy atom. The number of carbonyl (C=O) groups excluding carboxylic acids is 1. The van der Waals surface area contributed by atoms with Crippen molar-refractivity contribution in [3.63, 3.8) is 0 Å². The predicted octanol–water partition coefficient (Wildman–Crippen LogP) is 4.93. The van der Waals surface area contributed by atoms with Crippen LogP contribution in [0.3, 0.4) is 0 Å². The molecule has 1 aromatic carbocycles. The lowest BCUT2D eigenvalue weighted by atomic mass is 10.1. The number of nitrogens with zero attached hydrogens (tertiary/aromatic N) is 1. The van der Waals surface area contributed by atoms with E-state index in [1.165, 1.54) is 13.0 Å². The molecule has 5 nitrogen and oxygen atoms in total. The van der Waals surface area contributed by atoms with Crippen LogP contribution in [0, 0.1) is 32.4 Å². The van der Waals surface area contributed by atoms with E-state index in [-0.39, 0.29) is 18.7 Å². The number of carbonyl (C=O) groups is 1. The largest absolute Gasteiger partial charge is 0.487 e. The Morgan fingerprint density at radius 1 is 1.14 bits per heavy atom. The Balaban J connectivity index is 2.03. The van der Waals surface area contributed by atoms with Crippen molar-refractivity contribution in [1.82, 2.24) is 10.3 Å². The highest BCUT2D eigenvalue weighted by Crippen LogP contribution is 2.27. The maximum Gasteiger partial charge on any atom is 0.407 e. The molecular weight excluding hydrogens is 378 g/mol. The number of aryl methyl sites for hydroxylation is 2. The lowest BCUT2D eigenvalue weighted by molar-refractivity contribution is 0.0523. The van der Waals surface area contributed by atoms with E-state index >= 15 is 0 Å². The van der Waals surface area contributed by atoms with Crippen LogP contribution in [0.2, 0.25) is 0 Å². The third-order valence-corrected chi connectivity index (χ3v) is 4.11. The summed E-state index contributed by atoms with van der Waals surface area (Å²) >= 11 is 0. The van der Waals surface area contributed by atoms with Crippen molar-refractivity contribution < 1.29 is 23.0 Å². The molecule has 0 saturated carbocycles. The smallest absolute Gasteiger partial charge is 0.407 e. The number of amides is 1. The Hall–Kier alpha value is -2.70. The summed E-state index contributed by atoms with van der Waals surface area (Å²) in [4.78, 5) is 16.1. The molecule has 1 aromatic heterocycles. The molecule has 0 fully saturated rings. The van der Waals surface area contributed by atoms with Gasteiger partial charge in [0, 0.05) is 24.4 Å². The van der Waals surface area contributed by atoms with Gasteiger partial charge in [0.15, 0.2) is 17.4 Å². The van der Waals surface area contributed by atoms with E-state index in [2.05, 4.69) is 10.3 Å². The number of alkyl carbamates (subject to hydrolysis) is 1. The van der Waals surface area contributed by atoms with Crippen molar-refractivity contribution in [2.24, 2.45) is 0 Å². The third kappa shape index (κ3) is 6.69. The van der Waals surface area contributed by atoms with Gasteiger partial charge in [-0.25, -0.2) is 13.6 Å². The average Bonchev–Trinajstić information content (AvgIpc) is 2.57. The number of halogens is 2. The molecule has 0 spiro atoms. The lowest BCUT2D eigenvalue weighted by Gasteiger charge is -2.20. The zero-order valence-electron chi connectivity index (χ0n) is 17.8. The summed E-state index contributed by atoms with van der Waals surface area (Å²) in [5, 5.41) is 2.50. The third-order valence-electron chi connectivity index (χ3n) is 4.11. The topological polar surface area (TPSA) is 60.5 Å². The SMILES string of the molecule is Cc1cc(C)nc(CCOc2c(F)cc(CNC(=O)OC(C)(C)C)c(C)c2F)c1. The van der Waals surface area contributed by atoms with Crippen LogP contribution in [0.5, 0.6) is 5.75 Å². The number of nitrogens with one attached hydrogen (secondary N) is 1. The molecule has 0 atom stereocenters. The molecule has 0 aliphatic heterocycles. The van der Waals surface area contributed by atoms with Gasteiger partial charge in [-0.05, 0) is 76.4 Å². The fourth-order valence-corrected chi connectivity index (χ4v) is 2.85. The lowest BCUT2D eigenvalue weighted by Crippen LogP contribution is -2.32. The van der Waals surface area contributed by atoms with E-state index < -0.39 is 29.1 Å².